The highest BCUT2D eigenvalue weighted by atomic mass is 32.1. The summed E-state index contributed by atoms with van der Waals surface area (Å²) in [7, 11) is 1.66. The summed E-state index contributed by atoms with van der Waals surface area (Å²) in [6, 6.07) is 7.08. The van der Waals surface area contributed by atoms with Crippen LogP contribution in [0.25, 0.3) is 0 Å². The van der Waals surface area contributed by atoms with Crippen molar-refractivity contribution in [3.05, 3.63) is 29.8 Å². The molecule has 0 atom stereocenters. The molecule has 0 spiro atoms. The zero-order valence-corrected chi connectivity index (χ0v) is 12.3. The third kappa shape index (κ3) is 5.70. The second-order valence-corrected chi connectivity index (χ2v) is 5.00. The number of rotatable bonds is 5. The zero-order chi connectivity index (χ0) is 14.3. The summed E-state index contributed by atoms with van der Waals surface area (Å²) in [5.74, 6) is 1.05. The molecule has 0 fully saturated rings. The largest absolute Gasteiger partial charge is 0.494 e. The molecule has 0 radical (unpaired) electrons. The maximum Gasteiger partial charge on any atom is 0.257 e. The van der Waals surface area contributed by atoms with Crippen LogP contribution in [0.2, 0.25) is 0 Å². The molecule has 1 amide bonds. The van der Waals surface area contributed by atoms with Gasteiger partial charge in [-0.15, -0.1) is 0 Å². The number of hydrogen-bond acceptors (Lipinski definition) is 3. The lowest BCUT2D eigenvalue weighted by Gasteiger charge is -2.10. The average molecular weight is 280 g/mol. The molecule has 19 heavy (non-hydrogen) atoms. The Labute approximate surface area is 119 Å². The Morgan fingerprint density at radius 3 is 2.79 bits per heavy atom. The first-order valence-electron chi connectivity index (χ1n) is 6.29. The highest BCUT2D eigenvalue weighted by molar-refractivity contribution is 7.80. The number of ether oxygens (including phenoxy) is 1. The Kier molecular flexibility index (Phi) is 6.29. The van der Waals surface area contributed by atoms with E-state index in [4.69, 9.17) is 17.0 Å². The molecule has 0 aliphatic carbocycles. The van der Waals surface area contributed by atoms with E-state index >= 15 is 0 Å². The summed E-state index contributed by atoms with van der Waals surface area (Å²) in [6.07, 6.45) is 0.986. The number of carbonyl (C=O) groups is 1. The molecule has 2 N–H and O–H groups in total. The summed E-state index contributed by atoms with van der Waals surface area (Å²) in [5.41, 5.74) is 0.527. The van der Waals surface area contributed by atoms with E-state index < -0.39 is 0 Å². The van der Waals surface area contributed by atoms with Crippen LogP contribution in [0.1, 0.15) is 30.6 Å². The van der Waals surface area contributed by atoms with Crippen LogP contribution in [0, 0.1) is 5.92 Å². The minimum absolute atomic E-state index is 0.242. The number of carbonyl (C=O) groups excluding carboxylic acids is 1. The minimum atomic E-state index is -0.242. The highest BCUT2D eigenvalue weighted by Gasteiger charge is 2.08. The standard InChI is InChI=1S/C14H20N2O2S/c1-10(2)7-8-18-12-6-4-5-11(9-12)13(17)16-14(19)15-3/h4-6,9-10H,7-8H2,1-3H3,(H2,15,16,17,19). The van der Waals surface area contributed by atoms with E-state index in [0.717, 1.165) is 6.42 Å². The van der Waals surface area contributed by atoms with Gasteiger partial charge < -0.3 is 10.1 Å². The second kappa shape index (κ2) is 7.74. The molecule has 0 bridgehead atoms. The van der Waals surface area contributed by atoms with Gasteiger partial charge in [0.15, 0.2) is 5.11 Å². The minimum Gasteiger partial charge on any atom is -0.494 e. The Balaban J connectivity index is 2.61. The van der Waals surface area contributed by atoms with Crippen molar-refractivity contribution in [1.82, 2.24) is 10.6 Å². The molecular weight excluding hydrogens is 260 g/mol. The lowest BCUT2D eigenvalue weighted by atomic mass is 10.1. The average Bonchev–Trinajstić information content (AvgIpc) is 2.38. The normalized spacial score (nSPS) is 10.1. The predicted molar refractivity (Wildman–Crippen MR) is 80.5 cm³/mol. The molecule has 4 nitrogen and oxygen atoms in total. The molecular formula is C14H20N2O2S. The van der Waals surface area contributed by atoms with Gasteiger partial charge in [-0.25, -0.2) is 0 Å². The summed E-state index contributed by atoms with van der Waals surface area (Å²) in [6.45, 7) is 4.94. The predicted octanol–water partition coefficient (Wildman–Crippen LogP) is 2.35. The highest BCUT2D eigenvalue weighted by Crippen LogP contribution is 2.14. The van der Waals surface area contributed by atoms with Crippen LogP contribution < -0.4 is 15.4 Å². The van der Waals surface area contributed by atoms with E-state index in [1.165, 1.54) is 0 Å². The zero-order valence-electron chi connectivity index (χ0n) is 11.5. The van der Waals surface area contributed by atoms with Gasteiger partial charge >= 0.3 is 0 Å². The van der Waals surface area contributed by atoms with Crippen molar-refractivity contribution < 1.29 is 9.53 Å². The maximum atomic E-state index is 11.9. The lowest BCUT2D eigenvalue weighted by molar-refractivity contribution is 0.0976. The van der Waals surface area contributed by atoms with Gasteiger partial charge in [0.05, 0.1) is 6.61 Å². The topological polar surface area (TPSA) is 50.4 Å². The molecule has 1 aromatic carbocycles. The smallest absolute Gasteiger partial charge is 0.257 e. The van der Waals surface area contributed by atoms with Crippen LogP contribution in [-0.2, 0) is 0 Å². The monoisotopic (exact) mass is 280 g/mol. The van der Waals surface area contributed by atoms with E-state index in [1.807, 2.05) is 6.07 Å². The Hall–Kier alpha value is -1.62. The summed E-state index contributed by atoms with van der Waals surface area (Å²) >= 11 is 4.89. The number of nitrogens with one attached hydrogen (secondary N) is 2. The van der Waals surface area contributed by atoms with Crippen molar-refractivity contribution in [1.29, 1.82) is 0 Å². The summed E-state index contributed by atoms with van der Waals surface area (Å²) < 4.78 is 5.61. The summed E-state index contributed by atoms with van der Waals surface area (Å²) in [4.78, 5) is 11.9. The van der Waals surface area contributed by atoms with Crippen molar-refractivity contribution in [2.75, 3.05) is 13.7 Å². The Bertz CT molecular complexity index is 447. The fraction of sp³-hybridized carbons (Fsp3) is 0.429. The van der Waals surface area contributed by atoms with Crippen molar-refractivity contribution in [3.63, 3.8) is 0 Å². The number of hydrogen-bond donors (Lipinski definition) is 2. The van der Waals surface area contributed by atoms with Crippen molar-refractivity contribution >= 4 is 23.2 Å². The molecule has 0 saturated heterocycles. The molecule has 0 aliphatic heterocycles. The van der Waals surface area contributed by atoms with E-state index in [1.54, 1.807) is 25.2 Å². The first kappa shape index (κ1) is 15.4. The molecule has 1 rings (SSSR count). The first-order valence-corrected chi connectivity index (χ1v) is 6.69. The lowest BCUT2D eigenvalue weighted by Crippen LogP contribution is -2.37. The van der Waals surface area contributed by atoms with Gasteiger partial charge in [-0.1, -0.05) is 19.9 Å². The third-order valence-corrected chi connectivity index (χ3v) is 2.82. The molecule has 0 unspecified atom stereocenters. The first-order chi connectivity index (χ1) is 9.02. The van der Waals surface area contributed by atoms with E-state index in [9.17, 15) is 4.79 Å². The van der Waals surface area contributed by atoms with Crippen LogP contribution in [0.3, 0.4) is 0 Å². The van der Waals surface area contributed by atoms with Gasteiger partial charge in [0, 0.05) is 12.6 Å². The number of thiocarbonyl (C=S) groups is 1. The Morgan fingerprint density at radius 1 is 1.42 bits per heavy atom. The van der Waals surface area contributed by atoms with Crippen LogP contribution >= 0.6 is 12.2 Å². The van der Waals surface area contributed by atoms with Crippen molar-refractivity contribution in [3.8, 4) is 5.75 Å². The van der Waals surface area contributed by atoms with Crippen LogP contribution in [0.4, 0.5) is 0 Å². The van der Waals surface area contributed by atoms with E-state index in [-0.39, 0.29) is 5.91 Å². The van der Waals surface area contributed by atoms with Gasteiger partial charge in [-0.2, -0.15) is 0 Å². The van der Waals surface area contributed by atoms with Crippen LogP contribution in [-0.4, -0.2) is 24.7 Å². The van der Waals surface area contributed by atoms with Gasteiger partial charge in [0.25, 0.3) is 5.91 Å². The van der Waals surface area contributed by atoms with Crippen LogP contribution in [0.5, 0.6) is 5.75 Å². The van der Waals surface area contributed by atoms with Crippen molar-refractivity contribution in [2.45, 2.75) is 20.3 Å². The Morgan fingerprint density at radius 2 is 2.16 bits per heavy atom. The van der Waals surface area contributed by atoms with Gasteiger partial charge in [0.1, 0.15) is 5.75 Å². The molecule has 0 heterocycles. The van der Waals surface area contributed by atoms with E-state index in [2.05, 4.69) is 24.5 Å². The van der Waals surface area contributed by atoms with Crippen molar-refractivity contribution in [2.24, 2.45) is 5.92 Å². The SMILES string of the molecule is CNC(=S)NC(=O)c1cccc(OCCC(C)C)c1. The molecule has 5 heteroatoms. The van der Waals surface area contributed by atoms with Crippen LogP contribution in [0.15, 0.2) is 24.3 Å². The number of amides is 1. The maximum absolute atomic E-state index is 11.9. The second-order valence-electron chi connectivity index (χ2n) is 4.59. The quantitative estimate of drug-likeness (QED) is 0.813. The molecule has 1 aromatic rings. The fourth-order valence-electron chi connectivity index (χ4n) is 1.38. The molecule has 0 aliphatic rings. The number of benzene rings is 1. The molecule has 0 saturated carbocycles. The fourth-order valence-corrected chi connectivity index (χ4v) is 1.47. The summed E-state index contributed by atoms with van der Waals surface area (Å²) in [5, 5.41) is 5.57. The van der Waals surface area contributed by atoms with Gasteiger partial charge in [-0.3, -0.25) is 10.1 Å². The molecule has 104 valence electrons. The van der Waals surface area contributed by atoms with Gasteiger partial charge in [0.2, 0.25) is 0 Å². The van der Waals surface area contributed by atoms with E-state index in [0.29, 0.717) is 29.0 Å². The molecule has 0 aromatic heterocycles. The van der Waals surface area contributed by atoms with Gasteiger partial charge in [-0.05, 0) is 42.8 Å². The third-order valence-electron chi connectivity index (χ3n) is 2.51.